The zero-order valence-corrected chi connectivity index (χ0v) is 12.3. The number of fused-ring (bicyclic) bond motifs is 5. The summed E-state index contributed by atoms with van der Waals surface area (Å²) in [5, 5.41) is 11.8. The van der Waals surface area contributed by atoms with Crippen molar-refractivity contribution < 1.29 is 10.0 Å². The van der Waals surface area contributed by atoms with Gasteiger partial charge in [0.15, 0.2) is 0 Å². The maximum Gasteiger partial charge on any atom is 0.226 e. The smallest absolute Gasteiger partial charge is 0.226 e. The van der Waals surface area contributed by atoms with E-state index in [1.54, 1.807) is 0 Å². The molecule has 0 aromatic carbocycles. The molecule has 3 fully saturated rings. The number of oxime groups is 1. The van der Waals surface area contributed by atoms with Crippen LogP contribution >= 0.6 is 0 Å². The van der Waals surface area contributed by atoms with E-state index in [-0.39, 0.29) is 17.7 Å². The lowest BCUT2D eigenvalue weighted by molar-refractivity contribution is -0.133. The standard InChI is InChI=1S/C15H25N3O2/c1-3-18(7-8(2)14(16)17-20)15(19)13-11-9-4-5-10(6-9)12(11)13/h8-13,20H,3-7H2,1-2H3,(H2,16,17). The van der Waals surface area contributed by atoms with Crippen molar-refractivity contribution in [1.82, 2.24) is 4.90 Å². The Bertz CT molecular complexity index is 421. The Kier molecular flexibility index (Phi) is 3.38. The minimum atomic E-state index is -0.0980. The van der Waals surface area contributed by atoms with Gasteiger partial charge in [-0.1, -0.05) is 12.1 Å². The Labute approximate surface area is 120 Å². The average molecular weight is 279 g/mol. The molecule has 3 aliphatic rings. The molecule has 3 aliphatic carbocycles. The van der Waals surface area contributed by atoms with E-state index in [9.17, 15) is 4.79 Å². The van der Waals surface area contributed by atoms with Gasteiger partial charge in [-0.05, 0) is 49.9 Å². The van der Waals surface area contributed by atoms with Gasteiger partial charge in [0.2, 0.25) is 5.91 Å². The minimum absolute atomic E-state index is 0.0980. The molecule has 5 nitrogen and oxygen atoms in total. The van der Waals surface area contributed by atoms with Gasteiger partial charge in [0.25, 0.3) is 0 Å². The average Bonchev–Trinajstić information content (AvgIpc) is 2.90. The summed E-state index contributed by atoms with van der Waals surface area (Å²) in [6.07, 6.45) is 4.04. The van der Waals surface area contributed by atoms with Crippen LogP contribution in [0.3, 0.4) is 0 Å². The van der Waals surface area contributed by atoms with Crippen LogP contribution in [0.1, 0.15) is 33.1 Å². The van der Waals surface area contributed by atoms with Gasteiger partial charge in [-0.15, -0.1) is 0 Å². The Hall–Kier alpha value is -1.26. The molecule has 0 spiro atoms. The number of rotatable bonds is 5. The predicted octanol–water partition coefficient (Wildman–Crippen LogP) is 1.51. The monoisotopic (exact) mass is 279 g/mol. The first-order chi connectivity index (χ1) is 9.58. The number of nitrogens with two attached hydrogens (primary N) is 1. The first-order valence-electron chi connectivity index (χ1n) is 7.84. The van der Waals surface area contributed by atoms with E-state index >= 15 is 0 Å². The van der Waals surface area contributed by atoms with Crippen LogP contribution in [0.5, 0.6) is 0 Å². The van der Waals surface area contributed by atoms with Crippen molar-refractivity contribution >= 4 is 11.7 Å². The lowest BCUT2D eigenvalue weighted by atomic mass is 10.0. The van der Waals surface area contributed by atoms with Crippen molar-refractivity contribution in [3.05, 3.63) is 0 Å². The van der Waals surface area contributed by atoms with E-state index < -0.39 is 0 Å². The summed E-state index contributed by atoms with van der Waals surface area (Å²) in [7, 11) is 0. The number of hydrogen-bond donors (Lipinski definition) is 2. The molecule has 3 saturated carbocycles. The van der Waals surface area contributed by atoms with E-state index in [0.717, 1.165) is 11.8 Å². The third-order valence-corrected chi connectivity index (χ3v) is 5.83. The molecule has 5 heteroatoms. The molecule has 112 valence electrons. The zero-order chi connectivity index (χ0) is 14.4. The van der Waals surface area contributed by atoms with Crippen molar-refractivity contribution in [2.75, 3.05) is 13.1 Å². The number of carbonyl (C=O) groups excluding carboxylic acids is 1. The van der Waals surface area contributed by atoms with Crippen molar-refractivity contribution in [3.8, 4) is 0 Å². The van der Waals surface area contributed by atoms with Crippen molar-refractivity contribution in [3.63, 3.8) is 0 Å². The third-order valence-electron chi connectivity index (χ3n) is 5.83. The summed E-state index contributed by atoms with van der Waals surface area (Å²) in [6, 6.07) is 0. The molecule has 0 saturated heterocycles. The molecule has 0 radical (unpaired) electrons. The molecule has 3 rings (SSSR count). The molecule has 3 N–H and O–H groups in total. The van der Waals surface area contributed by atoms with Gasteiger partial charge in [-0.3, -0.25) is 4.79 Å². The minimum Gasteiger partial charge on any atom is -0.409 e. The summed E-state index contributed by atoms with van der Waals surface area (Å²) in [4.78, 5) is 14.6. The maximum absolute atomic E-state index is 12.7. The summed E-state index contributed by atoms with van der Waals surface area (Å²) < 4.78 is 0. The second kappa shape index (κ2) is 4.93. The van der Waals surface area contributed by atoms with Crippen molar-refractivity contribution in [2.24, 2.45) is 46.4 Å². The van der Waals surface area contributed by atoms with Gasteiger partial charge in [-0.25, -0.2) is 0 Å². The molecular weight excluding hydrogens is 254 g/mol. The van der Waals surface area contributed by atoms with Gasteiger partial charge in [-0.2, -0.15) is 0 Å². The molecule has 20 heavy (non-hydrogen) atoms. The Balaban J connectivity index is 1.61. The van der Waals surface area contributed by atoms with Crippen LogP contribution in [-0.4, -0.2) is 34.9 Å². The molecule has 0 aromatic heterocycles. The van der Waals surface area contributed by atoms with Gasteiger partial charge in [0.05, 0.1) is 0 Å². The van der Waals surface area contributed by atoms with Crippen LogP contribution in [0.25, 0.3) is 0 Å². The van der Waals surface area contributed by atoms with Crippen LogP contribution in [0.4, 0.5) is 0 Å². The highest BCUT2D eigenvalue weighted by Gasteiger charge is 2.67. The van der Waals surface area contributed by atoms with Gasteiger partial charge < -0.3 is 15.8 Å². The predicted molar refractivity (Wildman–Crippen MR) is 76.1 cm³/mol. The number of amides is 1. The fraction of sp³-hybridized carbons (Fsp3) is 0.867. The number of hydrogen-bond acceptors (Lipinski definition) is 3. The van der Waals surface area contributed by atoms with E-state index in [2.05, 4.69) is 5.16 Å². The largest absolute Gasteiger partial charge is 0.409 e. The maximum atomic E-state index is 12.7. The fourth-order valence-corrected chi connectivity index (χ4v) is 4.76. The highest BCUT2D eigenvalue weighted by molar-refractivity contribution is 5.85. The van der Waals surface area contributed by atoms with Gasteiger partial charge in [0.1, 0.15) is 5.84 Å². The van der Waals surface area contributed by atoms with E-state index in [0.29, 0.717) is 30.8 Å². The second-order valence-corrected chi connectivity index (χ2v) is 6.82. The van der Waals surface area contributed by atoms with Crippen LogP contribution in [0.15, 0.2) is 5.16 Å². The normalized spacial score (nSPS) is 39.5. The number of nitrogens with zero attached hydrogens (tertiary/aromatic N) is 2. The zero-order valence-electron chi connectivity index (χ0n) is 12.3. The first kappa shape index (κ1) is 13.7. The molecular formula is C15H25N3O2. The van der Waals surface area contributed by atoms with Gasteiger partial charge in [0, 0.05) is 24.9 Å². The third kappa shape index (κ3) is 1.98. The lowest BCUT2D eigenvalue weighted by Crippen LogP contribution is -2.40. The van der Waals surface area contributed by atoms with Crippen LogP contribution in [-0.2, 0) is 4.79 Å². The molecule has 5 unspecified atom stereocenters. The first-order valence-corrected chi connectivity index (χ1v) is 7.84. The van der Waals surface area contributed by atoms with Crippen LogP contribution < -0.4 is 5.73 Å². The van der Waals surface area contributed by atoms with E-state index in [1.807, 2.05) is 18.7 Å². The summed E-state index contributed by atoms with van der Waals surface area (Å²) in [5.74, 6) is 3.67. The summed E-state index contributed by atoms with van der Waals surface area (Å²) in [6.45, 7) is 5.15. The highest BCUT2D eigenvalue weighted by atomic mass is 16.4. The molecule has 0 aliphatic heterocycles. The molecule has 0 aromatic rings. The summed E-state index contributed by atoms with van der Waals surface area (Å²) in [5.41, 5.74) is 5.62. The summed E-state index contributed by atoms with van der Waals surface area (Å²) >= 11 is 0. The quantitative estimate of drug-likeness (QED) is 0.346. The lowest BCUT2D eigenvalue weighted by Gasteiger charge is -2.25. The molecule has 0 heterocycles. The number of amidine groups is 1. The second-order valence-electron chi connectivity index (χ2n) is 6.82. The SMILES string of the molecule is CCN(CC(C)C(N)=NO)C(=O)C1C2C3CCC(C3)C12. The van der Waals surface area contributed by atoms with Crippen molar-refractivity contribution in [1.29, 1.82) is 0 Å². The highest BCUT2D eigenvalue weighted by Crippen LogP contribution is 2.69. The topological polar surface area (TPSA) is 78.9 Å². The van der Waals surface area contributed by atoms with E-state index in [4.69, 9.17) is 10.9 Å². The van der Waals surface area contributed by atoms with Crippen LogP contribution in [0, 0.1) is 35.5 Å². The van der Waals surface area contributed by atoms with Gasteiger partial charge >= 0.3 is 0 Å². The Morgan fingerprint density at radius 2 is 2.00 bits per heavy atom. The van der Waals surface area contributed by atoms with Crippen LogP contribution in [0.2, 0.25) is 0 Å². The Morgan fingerprint density at radius 3 is 2.50 bits per heavy atom. The Morgan fingerprint density at radius 1 is 1.40 bits per heavy atom. The van der Waals surface area contributed by atoms with Crippen molar-refractivity contribution in [2.45, 2.75) is 33.1 Å². The molecule has 1 amide bonds. The molecule has 2 bridgehead atoms. The van der Waals surface area contributed by atoms with E-state index in [1.165, 1.54) is 19.3 Å². The number of carbonyl (C=O) groups is 1. The molecule has 5 atom stereocenters. The fourth-order valence-electron chi connectivity index (χ4n) is 4.76.